The first kappa shape index (κ1) is 40.0. The fraction of sp³-hybridized carbons (Fsp3) is 0.326. The molecule has 1 aromatic heterocycles. The zero-order valence-corrected chi connectivity index (χ0v) is 32.7. The van der Waals surface area contributed by atoms with Gasteiger partial charge in [0, 0.05) is 53.4 Å². The maximum Gasteiger partial charge on any atom is 0.245 e. The van der Waals surface area contributed by atoms with Gasteiger partial charge < -0.3 is 37.3 Å². The van der Waals surface area contributed by atoms with E-state index in [1.54, 1.807) is 7.05 Å². The van der Waals surface area contributed by atoms with E-state index in [-0.39, 0.29) is 30.7 Å². The minimum Gasteiger partial charge on any atom is -0.361 e. The number of para-hydroxylation sites is 1. The highest BCUT2D eigenvalue weighted by molar-refractivity contribution is 7.99. The summed E-state index contributed by atoms with van der Waals surface area (Å²) >= 11 is 8.47. The summed E-state index contributed by atoms with van der Waals surface area (Å²) in [6.07, 6.45) is 4.94. The largest absolute Gasteiger partial charge is 0.361 e. The second-order valence-electron chi connectivity index (χ2n) is 14.0. The van der Waals surface area contributed by atoms with Crippen LogP contribution < -0.4 is 27.4 Å². The van der Waals surface area contributed by atoms with Crippen molar-refractivity contribution in [2.75, 3.05) is 20.1 Å². The summed E-state index contributed by atoms with van der Waals surface area (Å²) in [4.78, 5) is 49.6. The molecule has 0 saturated carbocycles. The second-order valence-corrected chi connectivity index (χ2v) is 15.4. The Labute approximate surface area is 332 Å². The van der Waals surface area contributed by atoms with Gasteiger partial charge in [0.15, 0.2) is 0 Å². The lowest BCUT2D eigenvalue weighted by Crippen LogP contribution is -2.57. The predicted molar refractivity (Wildman–Crippen MR) is 222 cm³/mol. The molecule has 4 aromatic carbocycles. The molecule has 288 valence electrons. The van der Waals surface area contributed by atoms with Crippen LogP contribution in [0.4, 0.5) is 0 Å². The van der Waals surface area contributed by atoms with Crippen LogP contribution in [-0.2, 0) is 33.9 Å². The number of nitrogens with two attached hydrogens (primary N) is 2. The fourth-order valence-corrected chi connectivity index (χ4v) is 8.46. The highest BCUT2D eigenvalue weighted by atomic mass is 35.5. The molecule has 1 aliphatic heterocycles. The molecule has 6 rings (SSSR count). The number of nitrogens with one attached hydrogen (secondary N) is 4. The molecule has 12 heteroatoms. The van der Waals surface area contributed by atoms with Crippen molar-refractivity contribution in [2.24, 2.45) is 11.5 Å². The predicted octanol–water partition coefficient (Wildman–Crippen LogP) is 6.15. The number of aromatic nitrogens is 1. The monoisotopic (exact) mass is 779 g/mol. The Bertz CT molecular complexity index is 2090. The molecule has 55 heavy (non-hydrogen) atoms. The van der Waals surface area contributed by atoms with Gasteiger partial charge in [0.05, 0.1) is 11.1 Å². The number of benzene rings is 4. The Kier molecular flexibility index (Phi) is 14.0. The molecule has 1 aliphatic rings. The number of unbranched alkanes of at least 4 members (excludes halogenated alkanes) is 1. The van der Waals surface area contributed by atoms with Gasteiger partial charge >= 0.3 is 0 Å². The van der Waals surface area contributed by atoms with E-state index in [2.05, 4.69) is 51.3 Å². The van der Waals surface area contributed by atoms with Gasteiger partial charge in [-0.25, -0.2) is 0 Å². The number of rotatable bonds is 10. The van der Waals surface area contributed by atoms with Crippen molar-refractivity contribution in [1.29, 1.82) is 0 Å². The third-order valence-corrected chi connectivity index (χ3v) is 11.9. The lowest BCUT2D eigenvalue weighted by molar-refractivity contribution is -0.142. The van der Waals surface area contributed by atoms with E-state index in [1.165, 1.54) is 16.7 Å². The van der Waals surface area contributed by atoms with Gasteiger partial charge in [0.25, 0.3) is 0 Å². The number of carbonyl (C=O) groups excluding carboxylic acids is 3. The fourth-order valence-electron chi connectivity index (χ4n) is 7.04. The summed E-state index contributed by atoms with van der Waals surface area (Å²) < 4.78 is 0. The van der Waals surface area contributed by atoms with E-state index >= 15 is 0 Å². The Hall–Kier alpha value is -4.65. The molecule has 3 amide bonds. The minimum absolute atomic E-state index is 0.192. The summed E-state index contributed by atoms with van der Waals surface area (Å²) in [7, 11) is 1.64. The number of carbonyl (C=O) groups is 3. The van der Waals surface area contributed by atoms with Crippen LogP contribution in [0.15, 0.2) is 107 Å². The molecule has 8 N–H and O–H groups in total. The first-order valence-electron chi connectivity index (χ1n) is 18.9. The molecule has 2 heterocycles. The van der Waals surface area contributed by atoms with E-state index in [4.69, 9.17) is 23.1 Å². The standard InChI is InChI=1S/C43H50ClN7O3S/c1-51-38(23-32-27-47-35-16-6-5-14-33(32)35)42(53)49-26-31-13-9-15-34(44)40(31)55-39-24-29(28-11-3-2-4-12-28)19-20-30(39)25-48-36(18-10-22-46)41(52)50-37(43(51)54)17-7-8-21-45/h2-6,9,11-16,19-20,24,27,36-38,47-48H,7-8,10,17-18,21-23,25-26,45-46H2,1H3,(H,49,53)(H,50,52)/t36-,37-,38-/m0/s1. The normalized spacial score (nSPS) is 18.7. The number of hydrogen-bond acceptors (Lipinski definition) is 7. The Morgan fingerprint density at radius 1 is 0.782 bits per heavy atom. The quantitative estimate of drug-likeness (QED) is 0.0929. The Morgan fingerprint density at radius 2 is 1.55 bits per heavy atom. The summed E-state index contributed by atoms with van der Waals surface area (Å²) in [5.74, 6) is -0.953. The summed E-state index contributed by atoms with van der Waals surface area (Å²) in [6.45, 7) is 1.46. The number of hydrogen-bond donors (Lipinski definition) is 6. The van der Waals surface area contributed by atoms with Crippen molar-refractivity contribution in [3.8, 4) is 11.1 Å². The molecule has 0 aliphatic carbocycles. The number of likely N-dealkylation sites (N-methyl/N-ethyl adjacent to an activating group) is 1. The minimum atomic E-state index is -0.882. The van der Waals surface area contributed by atoms with Gasteiger partial charge in [-0.2, -0.15) is 0 Å². The van der Waals surface area contributed by atoms with E-state index in [1.807, 2.05) is 66.9 Å². The van der Waals surface area contributed by atoms with Crippen molar-refractivity contribution >= 4 is 52.0 Å². The first-order chi connectivity index (χ1) is 26.8. The van der Waals surface area contributed by atoms with Gasteiger partial charge in [0.1, 0.15) is 12.1 Å². The maximum atomic E-state index is 14.5. The summed E-state index contributed by atoms with van der Waals surface area (Å²) in [5.41, 5.74) is 17.6. The van der Waals surface area contributed by atoms with Crippen LogP contribution in [0.2, 0.25) is 5.02 Å². The molecular weight excluding hydrogens is 730 g/mol. The summed E-state index contributed by atoms with van der Waals surface area (Å²) in [5, 5.41) is 11.3. The van der Waals surface area contributed by atoms with Crippen molar-refractivity contribution < 1.29 is 14.4 Å². The van der Waals surface area contributed by atoms with Crippen molar-refractivity contribution in [2.45, 2.75) is 79.5 Å². The van der Waals surface area contributed by atoms with E-state index in [0.717, 1.165) is 48.5 Å². The number of halogens is 1. The van der Waals surface area contributed by atoms with E-state index in [9.17, 15) is 14.4 Å². The van der Waals surface area contributed by atoms with Crippen LogP contribution in [0.3, 0.4) is 0 Å². The number of aromatic amines is 1. The molecule has 0 saturated heterocycles. The lowest BCUT2D eigenvalue weighted by atomic mass is 10.0. The van der Waals surface area contributed by atoms with Crippen LogP contribution in [0, 0.1) is 0 Å². The van der Waals surface area contributed by atoms with Gasteiger partial charge in [-0.15, -0.1) is 0 Å². The molecule has 0 radical (unpaired) electrons. The molecule has 3 atom stereocenters. The smallest absolute Gasteiger partial charge is 0.245 e. The topological polar surface area (TPSA) is 158 Å². The van der Waals surface area contributed by atoms with Crippen LogP contribution in [-0.4, -0.2) is 65.9 Å². The molecular formula is C43H50ClN7O3S. The van der Waals surface area contributed by atoms with Crippen LogP contribution in [0.1, 0.15) is 48.8 Å². The number of nitrogens with zero attached hydrogens (tertiary/aromatic N) is 1. The number of fused-ring (bicyclic) bond motifs is 3. The average Bonchev–Trinajstić information content (AvgIpc) is 3.62. The Morgan fingerprint density at radius 3 is 2.35 bits per heavy atom. The highest BCUT2D eigenvalue weighted by Gasteiger charge is 2.34. The maximum absolute atomic E-state index is 14.5. The van der Waals surface area contributed by atoms with Crippen LogP contribution >= 0.6 is 23.4 Å². The molecule has 5 aromatic rings. The van der Waals surface area contributed by atoms with Crippen molar-refractivity contribution in [3.05, 3.63) is 119 Å². The molecule has 0 fully saturated rings. The van der Waals surface area contributed by atoms with E-state index in [0.29, 0.717) is 56.8 Å². The second kappa shape index (κ2) is 19.3. The summed E-state index contributed by atoms with van der Waals surface area (Å²) in [6, 6.07) is 27.7. The number of amides is 3. The van der Waals surface area contributed by atoms with Gasteiger partial charge in [-0.05, 0) is 91.2 Å². The van der Waals surface area contributed by atoms with Gasteiger partial charge in [-0.3, -0.25) is 14.4 Å². The third-order valence-electron chi connectivity index (χ3n) is 10.2. The molecule has 0 spiro atoms. The van der Waals surface area contributed by atoms with Gasteiger partial charge in [-0.1, -0.05) is 96.2 Å². The Balaban J connectivity index is 1.42. The van der Waals surface area contributed by atoms with Crippen LogP contribution in [0.5, 0.6) is 0 Å². The molecule has 10 nitrogen and oxygen atoms in total. The first-order valence-corrected chi connectivity index (χ1v) is 20.1. The van der Waals surface area contributed by atoms with E-state index < -0.39 is 18.1 Å². The molecule has 0 unspecified atom stereocenters. The van der Waals surface area contributed by atoms with Crippen molar-refractivity contribution in [3.63, 3.8) is 0 Å². The van der Waals surface area contributed by atoms with Crippen molar-refractivity contribution in [1.82, 2.24) is 25.8 Å². The molecule has 0 bridgehead atoms. The average molecular weight is 780 g/mol. The number of H-pyrrole nitrogens is 1. The van der Waals surface area contributed by atoms with Crippen LogP contribution in [0.25, 0.3) is 22.0 Å². The lowest BCUT2D eigenvalue weighted by Gasteiger charge is -2.32. The third kappa shape index (κ3) is 9.97. The van der Waals surface area contributed by atoms with Gasteiger partial charge in [0.2, 0.25) is 17.7 Å². The highest BCUT2D eigenvalue weighted by Crippen LogP contribution is 2.40. The zero-order chi connectivity index (χ0) is 38.7. The zero-order valence-electron chi connectivity index (χ0n) is 31.2. The SMILES string of the molecule is CN1C(=O)[C@H](CCCCN)NC(=O)[C@H](CCCN)NCc2ccc(-c3ccccc3)cc2Sc2c(Cl)cccc2CNC(=O)[C@@H]1Cc1c[nH]c2ccccc12.